The molecule has 0 saturated heterocycles. The Morgan fingerprint density at radius 1 is 1.15 bits per heavy atom. The number of ether oxygens (including phenoxy) is 1. The van der Waals surface area contributed by atoms with E-state index in [9.17, 15) is 4.79 Å². The molecule has 2 aromatic carbocycles. The molecule has 0 fully saturated rings. The molecule has 0 aliphatic carbocycles. The molecule has 1 amide bonds. The molecule has 0 aromatic heterocycles. The zero-order valence-corrected chi connectivity index (χ0v) is 16.3. The van der Waals surface area contributed by atoms with Crippen molar-refractivity contribution < 1.29 is 9.53 Å². The Balaban J connectivity index is 1.89. The molecule has 0 unspecified atom stereocenters. The van der Waals surface area contributed by atoms with Gasteiger partial charge in [0.25, 0.3) is 5.91 Å². The van der Waals surface area contributed by atoms with E-state index in [4.69, 9.17) is 16.3 Å². The molecule has 140 valence electrons. The number of hydrogen-bond acceptors (Lipinski definition) is 4. The quantitative estimate of drug-likeness (QED) is 0.660. The first-order valence-electron chi connectivity index (χ1n) is 8.57. The summed E-state index contributed by atoms with van der Waals surface area (Å²) in [7, 11) is 4.06. The SMILES string of the molecule is Cc1ccc(NC(=O)COc2ccc(Cl)cc2CNCCN(C)C)cc1. The van der Waals surface area contributed by atoms with Crippen molar-refractivity contribution >= 4 is 23.2 Å². The number of carbonyl (C=O) groups excluding carboxylic acids is 1. The topological polar surface area (TPSA) is 53.6 Å². The number of anilines is 1. The fourth-order valence-electron chi connectivity index (χ4n) is 2.33. The molecule has 0 bridgehead atoms. The van der Waals surface area contributed by atoms with Crippen molar-refractivity contribution in [3.8, 4) is 5.75 Å². The first-order valence-corrected chi connectivity index (χ1v) is 8.95. The summed E-state index contributed by atoms with van der Waals surface area (Å²) in [5.41, 5.74) is 2.83. The highest BCUT2D eigenvalue weighted by molar-refractivity contribution is 6.30. The highest BCUT2D eigenvalue weighted by Gasteiger charge is 2.08. The van der Waals surface area contributed by atoms with Crippen LogP contribution in [-0.4, -0.2) is 44.6 Å². The lowest BCUT2D eigenvalue weighted by Gasteiger charge is -2.14. The fourth-order valence-corrected chi connectivity index (χ4v) is 2.52. The highest BCUT2D eigenvalue weighted by Crippen LogP contribution is 2.23. The van der Waals surface area contributed by atoms with Crippen LogP contribution in [-0.2, 0) is 11.3 Å². The Morgan fingerprint density at radius 2 is 1.88 bits per heavy atom. The van der Waals surface area contributed by atoms with Crippen molar-refractivity contribution in [2.45, 2.75) is 13.5 Å². The van der Waals surface area contributed by atoms with E-state index >= 15 is 0 Å². The number of carbonyl (C=O) groups is 1. The maximum absolute atomic E-state index is 12.1. The summed E-state index contributed by atoms with van der Waals surface area (Å²) in [6.07, 6.45) is 0. The van der Waals surface area contributed by atoms with Crippen LogP contribution in [0.4, 0.5) is 5.69 Å². The Labute approximate surface area is 160 Å². The summed E-state index contributed by atoms with van der Waals surface area (Å²) in [5, 5.41) is 6.82. The minimum atomic E-state index is -0.199. The van der Waals surface area contributed by atoms with Gasteiger partial charge in [0.2, 0.25) is 0 Å². The van der Waals surface area contributed by atoms with Crippen molar-refractivity contribution in [2.75, 3.05) is 39.1 Å². The van der Waals surface area contributed by atoms with Crippen molar-refractivity contribution in [3.05, 3.63) is 58.6 Å². The molecule has 5 nitrogen and oxygen atoms in total. The van der Waals surface area contributed by atoms with E-state index in [1.54, 1.807) is 12.1 Å². The van der Waals surface area contributed by atoms with Gasteiger partial charge in [0, 0.05) is 35.9 Å². The molecule has 0 aliphatic heterocycles. The van der Waals surface area contributed by atoms with E-state index in [1.807, 2.05) is 51.4 Å². The van der Waals surface area contributed by atoms with Gasteiger partial charge >= 0.3 is 0 Å². The van der Waals surface area contributed by atoms with Gasteiger partial charge in [-0.1, -0.05) is 29.3 Å². The summed E-state index contributed by atoms with van der Waals surface area (Å²) in [4.78, 5) is 14.2. The van der Waals surface area contributed by atoms with Crippen LogP contribution in [0, 0.1) is 6.92 Å². The monoisotopic (exact) mass is 375 g/mol. The van der Waals surface area contributed by atoms with Gasteiger partial charge in [0.05, 0.1) is 0 Å². The van der Waals surface area contributed by atoms with Crippen molar-refractivity contribution in [1.82, 2.24) is 10.2 Å². The van der Waals surface area contributed by atoms with Gasteiger partial charge in [0.1, 0.15) is 5.75 Å². The maximum atomic E-state index is 12.1. The minimum Gasteiger partial charge on any atom is -0.483 e. The van der Waals surface area contributed by atoms with Gasteiger partial charge in [-0.3, -0.25) is 4.79 Å². The van der Waals surface area contributed by atoms with Crippen molar-refractivity contribution in [3.63, 3.8) is 0 Å². The number of nitrogens with zero attached hydrogens (tertiary/aromatic N) is 1. The van der Waals surface area contributed by atoms with Crippen molar-refractivity contribution in [2.24, 2.45) is 0 Å². The first kappa shape index (κ1) is 20.2. The van der Waals surface area contributed by atoms with Gasteiger partial charge < -0.3 is 20.3 Å². The van der Waals surface area contributed by atoms with E-state index < -0.39 is 0 Å². The molecule has 0 atom stereocenters. The second kappa shape index (κ2) is 10.2. The summed E-state index contributed by atoms with van der Waals surface area (Å²) in [6, 6.07) is 13.1. The molecular weight excluding hydrogens is 350 g/mol. The molecule has 26 heavy (non-hydrogen) atoms. The smallest absolute Gasteiger partial charge is 0.262 e. The molecule has 0 aliphatic rings. The Bertz CT molecular complexity index is 717. The second-order valence-electron chi connectivity index (χ2n) is 6.43. The van der Waals surface area contributed by atoms with E-state index in [0.717, 1.165) is 29.9 Å². The molecule has 2 rings (SSSR count). The number of hydrogen-bond donors (Lipinski definition) is 2. The number of amides is 1. The number of aryl methyl sites for hydroxylation is 1. The minimum absolute atomic E-state index is 0.0554. The van der Waals surface area contributed by atoms with Crippen LogP contribution in [0.25, 0.3) is 0 Å². The van der Waals surface area contributed by atoms with Crippen LogP contribution in [0.1, 0.15) is 11.1 Å². The van der Waals surface area contributed by atoms with E-state index in [2.05, 4.69) is 15.5 Å². The predicted octanol–water partition coefficient (Wildman–Crippen LogP) is 3.32. The van der Waals surface area contributed by atoms with Crippen LogP contribution in [0.5, 0.6) is 5.75 Å². The average Bonchev–Trinajstić information content (AvgIpc) is 2.60. The van der Waals surface area contributed by atoms with Crippen LogP contribution < -0.4 is 15.4 Å². The van der Waals surface area contributed by atoms with E-state index in [-0.39, 0.29) is 12.5 Å². The second-order valence-corrected chi connectivity index (χ2v) is 6.87. The molecule has 0 spiro atoms. The molecular formula is C20H26ClN3O2. The highest BCUT2D eigenvalue weighted by atomic mass is 35.5. The fraction of sp³-hybridized carbons (Fsp3) is 0.350. The van der Waals surface area contributed by atoms with E-state index in [0.29, 0.717) is 17.3 Å². The number of benzene rings is 2. The van der Waals surface area contributed by atoms with Gasteiger partial charge in [-0.15, -0.1) is 0 Å². The van der Waals surface area contributed by atoms with Gasteiger partial charge in [-0.05, 0) is 51.4 Å². The largest absolute Gasteiger partial charge is 0.483 e. The number of rotatable bonds is 9. The standard InChI is InChI=1S/C20H26ClN3O2/c1-15-4-7-18(8-5-15)23-20(25)14-26-19-9-6-17(21)12-16(19)13-22-10-11-24(2)3/h4-9,12,22H,10-11,13-14H2,1-3H3,(H,23,25). The summed E-state index contributed by atoms with van der Waals surface area (Å²) in [6.45, 7) is 4.37. The van der Waals surface area contributed by atoms with Crippen LogP contribution in [0.2, 0.25) is 5.02 Å². The maximum Gasteiger partial charge on any atom is 0.262 e. The molecule has 2 aromatic rings. The zero-order valence-electron chi connectivity index (χ0n) is 15.5. The van der Waals surface area contributed by atoms with Crippen LogP contribution in [0.3, 0.4) is 0 Å². The average molecular weight is 376 g/mol. The molecule has 6 heteroatoms. The predicted molar refractivity (Wildman–Crippen MR) is 107 cm³/mol. The third-order valence-corrected chi connectivity index (χ3v) is 4.00. The molecule has 2 N–H and O–H groups in total. The third-order valence-electron chi connectivity index (χ3n) is 3.77. The van der Waals surface area contributed by atoms with E-state index in [1.165, 1.54) is 0 Å². The third kappa shape index (κ3) is 7.04. The number of likely N-dealkylation sites (N-methyl/N-ethyl adjacent to an activating group) is 1. The number of nitrogens with one attached hydrogen (secondary N) is 2. The van der Waals surface area contributed by atoms with Crippen molar-refractivity contribution in [1.29, 1.82) is 0 Å². The first-order chi connectivity index (χ1) is 12.4. The molecule has 0 radical (unpaired) electrons. The summed E-state index contributed by atoms with van der Waals surface area (Å²) >= 11 is 6.09. The Morgan fingerprint density at radius 3 is 2.58 bits per heavy atom. The number of halogens is 1. The lowest BCUT2D eigenvalue weighted by atomic mass is 10.2. The van der Waals surface area contributed by atoms with Gasteiger partial charge in [0.15, 0.2) is 6.61 Å². The lowest BCUT2D eigenvalue weighted by Crippen LogP contribution is -2.26. The summed E-state index contributed by atoms with van der Waals surface area (Å²) in [5.74, 6) is 0.459. The van der Waals surface area contributed by atoms with Gasteiger partial charge in [-0.25, -0.2) is 0 Å². The molecule has 0 heterocycles. The molecule has 0 saturated carbocycles. The summed E-state index contributed by atoms with van der Waals surface area (Å²) < 4.78 is 5.71. The Hall–Kier alpha value is -2.08. The van der Waals surface area contributed by atoms with Crippen LogP contribution in [0.15, 0.2) is 42.5 Å². The zero-order chi connectivity index (χ0) is 18.9. The van der Waals surface area contributed by atoms with Crippen LogP contribution >= 0.6 is 11.6 Å². The Kier molecular flexibility index (Phi) is 7.91. The van der Waals surface area contributed by atoms with Gasteiger partial charge in [-0.2, -0.15) is 0 Å². The lowest BCUT2D eigenvalue weighted by molar-refractivity contribution is -0.118. The normalized spacial score (nSPS) is 10.8.